The number of hydrogen-bond donors (Lipinski definition) is 0. The fourth-order valence-electron chi connectivity index (χ4n) is 1.96. The van der Waals surface area contributed by atoms with Gasteiger partial charge >= 0.3 is 5.97 Å². The first-order chi connectivity index (χ1) is 9.47. The molecule has 0 aromatic heterocycles. The quantitative estimate of drug-likeness (QED) is 0.629. The zero-order valence-corrected chi connectivity index (χ0v) is 12.3. The summed E-state index contributed by atoms with van der Waals surface area (Å²) in [7, 11) is 1.39. The summed E-state index contributed by atoms with van der Waals surface area (Å²) in [4.78, 5) is 11.8. The Morgan fingerprint density at radius 1 is 1.35 bits per heavy atom. The number of ether oxygens (including phenoxy) is 2. The van der Waals surface area contributed by atoms with E-state index >= 15 is 0 Å². The van der Waals surface area contributed by atoms with Crippen molar-refractivity contribution < 1.29 is 22.7 Å². The minimum absolute atomic E-state index is 0.111. The lowest BCUT2D eigenvalue weighted by Crippen LogP contribution is -2.22. The summed E-state index contributed by atoms with van der Waals surface area (Å²) in [5, 5.41) is 0. The molecule has 0 atom stereocenters. The summed E-state index contributed by atoms with van der Waals surface area (Å²) in [6.45, 7) is 1.68. The lowest BCUT2D eigenvalue weighted by atomic mass is 10.0. The maximum atomic E-state index is 11.9. The second kappa shape index (κ2) is 6.56. The van der Waals surface area contributed by atoms with Gasteiger partial charge in [-0.3, -0.25) is 0 Å². The van der Waals surface area contributed by atoms with Crippen LogP contribution in [0, 0.1) is 5.92 Å². The molecule has 0 aliphatic carbocycles. The summed E-state index contributed by atoms with van der Waals surface area (Å²) in [6.07, 6.45) is 1.73. The van der Waals surface area contributed by atoms with E-state index in [0.717, 1.165) is 12.8 Å². The predicted octanol–water partition coefficient (Wildman–Crippen LogP) is 2.20. The summed E-state index contributed by atoms with van der Waals surface area (Å²) in [5.41, 5.74) is 0.179. The van der Waals surface area contributed by atoms with E-state index in [1.807, 2.05) is 0 Å². The van der Waals surface area contributed by atoms with Crippen molar-refractivity contribution in [3.05, 3.63) is 29.8 Å². The molecule has 0 amide bonds. The van der Waals surface area contributed by atoms with Crippen LogP contribution in [0.4, 0.5) is 0 Å². The fourth-order valence-corrected chi connectivity index (χ4v) is 2.76. The van der Waals surface area contributed by atoms with Crippen LogP contribution in [0.15, 0.2) is 29.2 Å². The predicted molar refractivity (Wildman–Crippen MR) is 73.3 cm³/mol. The molecule has 1 aliphatic rings. The average Bonchev–Trinajstić information content (AvgIpc) is 2.45. The van der Waals surface area contributed by atoms with Crippen LogP contribution < -0.4 is 0 Å². The number of hydrogen-bond acceptors (Lipinski definition) is 5. The van der Waals surface area contributed by atoms with Crippen LogP contribution >= 0.6 is 10.7 Å². The third-order valence-electron chi connectivity index (χ3n) is 3.14. The lowest BCUT2D eigenvalue weighted by Gasteiger charge is -2.21. The summed E-state index contributed by atoms with van der Waals surface area (Å²) < 4.78 is 32.8. The Hall–Kier alpha value is -1.11. The largest absolute Gasteiger partial charge is 0.462 e. The van der Waals surface area contributed by atoms with Crippen molar-refractivity contribution >= 4 is 25.7 Å². The SMILES string of the molecule is O=C(OCC1CCOCC1)c1cccc(S(=O)(=O)Cl)c1. The van der Waals surface area contributed by atoms with Gasteiger partial charge in [0.1, 0.15) is 0 Å². The Balaban J connectivity index is 1.98. The molecule has 1 aromatic rings. The number of carbonyl (C=O) groups is 1. The van der Waals surface area contributed by atoms with Crippen LogP contribution in [0.25, 0.3) is 0 Å². The first kappa shape index (κ1) is 15.3. The number of rotatable bonds is 4. The molecule has 110 valence electrons. The standard InChI is InChI=1S/C13H15ClO5S/c14-20(16,17)12-3-1-2-11(8-12)13(15)19-9-10-4-6-18-7-5-10/h1-3,8,10H,4-7,9H2. The molecule has 0 saturated carbocycles. The van der Waals surface area contributed by atoms with Gasteiger partial charge in [-0.2, -0.15) is 0 Å². The second-order valence-corrected chi connectivity index (χ2v) is 7.19. The maximum Gasteiger partial charge on any atom is 0.338 e. The summed E-state index contributed by atoms with van der Waals surface area (Å²) in [6, 6.07) is 5.50. The highest BCUT2D eigenvalue weighted by molar-refractivity contribution is 8.13. The van der Waals surface area contributed by atoms with Gasteiger partial charge in [-0.1, -0.05) is 6.07 Å². The van der Waals surface area contributed by atoms with Gasteiger partial charge in [-0.05, 0) is 37.0 Å². The zero-order chi connectivity index (χ0) is 14.6. The van der Waals surface area contributed by atoms with Crippen molar-refractivity contribution in [1.29, 1.82) is 0 Å². The highest BCUT2D eigenvalue weighted by Crippen LogP contribution is 2.18. The van der Waals surface area contributed by atoms with Crippen LogP contribution in [0.5, 0.6) is 0 Å². The monoisotopic (exact) mass is 318 g/mol. The molecule has 0 radical (unpaired) electrons. The molecule has 0 unspecified atom stereocenters. The molecule has 1 aromatic carbocycles. The average molecular weight is 319 g/mol. The Labute approximate surface area is 122 Å². The Morgan fingerprint density at radius 2 is 2.05 bits per heavy atom. The molecular weight excluding hydrogens is 304 g/mol. The molecule has 0 bridgehead atoms. The summed E-state index contributed by atoms with van der Waals surface area (Å²) in [5.74, 6) is -0.244. The summed E-state index contributed by atoms with van der Waals surface area (Å²) >= 11 is 0. The van der Waals surface area contributed by atoms with Crippen LogP contribution in [0.1, 0.15) is 23.2 Å². The van der Waals surface area contributed by atoms with Gasteiger partial charge in [-0.25, -0.2) is 13.2 Å². The van der Waals surface area contributed by atoms with E-state index in [0.29, 0.717) is 25.7 Å². The molecule has 5 nitrogen and oxygen atoms in total. The second-order valence-electron chi connectivity index (χ2n) is 4.62. The van der Waals surface area contributed by atoms with Gasteiger partial charge in [0, 0.05) is 23.9 Å². The van der Waals surface area contributed by atoms with Crippen molar-refractivity contribution in [2.75, 3.05) is 19.8 Å². The number of esters is 1. The van der Waals surface area contributed by atoms with Crippen molar-refractivity contribution in [1.82, 2.24) is 0 Å². The van der Waals surface area contributed by atoms with Gasteiger partial charge in [0.2, 0.25) is 0 Å². The molecule has 1 saturated heterocycles. The molecule has 7 heteroatoms. The van der Waals surface area contributed by atoms with Gasteiger partial charge in [0.15, 0.2) is 0 Å². The van der Waals surface area contributed by atoms with E-state index in [1.165, 1.54) is 24.3 Å². The maximum absolute atomic E-state index is 11.9. The normalized spacial score (nSPS) is 16.9. The molecule has 2 rings (SSSR count). The van der Waals surface area contributed by atoms with E-state index in [2.05, 4.69) is 0 Å². The minimum atomic E-state index is -3.85. The van der Waals surface area contributed by atoms with Crippen molar-refractivity contribution in [2.45, 2.75) is 17.7 Å². The number of carbonyl (C=O) groups excluding carboxylic acids is 1. The Bertz CT molecular complexity index is 578. The minimum Gasteiger partial charge on any atom is -0.462 e. The highest BCUT2D eigenvalue weighted by Gasteiger charge is 2.18. The lowest BCUT2D eigenvalue weighted by molar-refractivity contribution is 0.0185. The fraction of sp³-hybridized carbons (Fsp3) is 0.462. The van der Waals surface area contributed by atoms with Crippen LogP contribution in [-0.2, 0) is 18.5 Å². The van der Waals surface area contributed by atoms with Crippen molar-refractivity contribution in [3.63, 3.8) is 0 Å². The molecule has 0 N–H and O–H groups in total. The smallest absolute Gasteiger partial charge is 0.338 e. The highest BCUT2D eigenvalue weighted by atomic mass is 35.7. The van der Waals surface area contributed by atoms with Gasteiger partial charge in [0.05, 0.1) is 17.1 Å². The van der Waals surface area contributed by atoms with Crippen LogP contribution in [0.3, 0.4) is 0 Å². The van der Waals surface area contributed by atoms with Crippen molar-refractivity contribution in [3.8, 4) is 0 Å². The number of halogens is 1. The zero-order valence-electron chi connectivity index (χ0n) is 10.7. The Kier molecular flexibility index (Phi) is 5.01. The molecule has 1 fully saturated rings. The molecular formula is C13H15ClO5S. The van der Waals surface area contributed by atoms with Gasteiger partial charge in [0.25, 0.3) is 9.05 Å². The third-order valence-corrected chi connectivity index (χ3v) is 4.49. The van der Waals surface area contributed by atoms with Gasteiger partial charge in [-0.15, -0.1) is 0 Å². The van der Waals surface area contributed by atoms with E-state index in [9.17, 15) is 13.2 Å². The van der Waals surface area contributed by atoms with E-state index < -0.39 is 15.0 Å². The van der Waals surface area contributed by atoms with Gasteiger partial charge < -0.3 is 9.47 Å². The van der Waals surface area contributed by atoms with Crippen LogP contribution in [-0.4, -0.2) is 34.2 Å². The first-order valence-electron chi connectivity index (χ1n) is 6.26. The molecule has 0 spiro atoms. The van der Waals surface area contributed by atoms with E-state index in [1.54, 1.807) is 0 Å². The number of benzene rings is 1. The first-order valence-corrected chi connectivity index (χ1v) is 8.57. The van der Waals surface area contributed by atoms with E-state index in [-0.39, 0.29) is 10.5 Å². The Morgan fingerprint density at radius 3 is 2.70 bits per heavy atom. The third kappa shape index (κ3) is 4.19. The van der Waals surface area contributed by atoms with E-state index in [4.69, 9.17) is 20.2 Å². The topological polar surface area (TPSA) is 69.7 Å². The van der Waals surface area contributed by atoms with Crippen molar-refractivity contribution in [2.24, 2.45) is 5.92 Å². The molecule has 1 heterocycles. The molecule has 20 heavy (non-hydrogen) atoms. The molecule has 1 aliphatic heterocycles. The van der Waals surface area contributed by atoms with Crippen LogP contribution in [0.2, 0.25) is 0 Å².